The molecule has 0 aromatic carbocycles. The van der Waals surface area contributed by atoms with Crippen LogP contribution in [0.5, 0.6) is 0 Å². The molecule has 0 saturated carbocycles. The predicted octanol–water partition coefficient (Wildman–Crippen LogP) is -1.80. The average Bonchev–Trinajstić information content (AvgIpc) is 2.31. The summed E-state index contributed by atoms with van der Waals surface area (Å²) in [5.74, 6) is -1.72. The first-order chi connectivity index (χ1) is 5.55. The van der Waals surface area contributed by atoms with E-state index in [2.05, 4.69) is 0 Å². The molecule has 1 fully saturated rings. The summed E-state index contributed by atoms with van der Waals surface area (Å²) in [7, 11) is 0. The van der Waals surface area contributed by atoms with Gasteiger partial charge in [0.05, 0.1) is 6.61 Å². The summed E-state index contributed by atoms with van der Waals surface area (Å²) in [4.78, 5) is 0. The normalized spacial score (nSPS) is 48.2. The van der Waals surface area contributed by atoms with Gasteiger partial charge in [0.2, 0.25) is 0 Å². The molecule has 0 radical (unpaired) electrons. The van der Waals surface area contributed by atoms with Gasteiger partial charge in [-0.15, -0.1) is 0 Å². The van der Waals surface area contributed by atoms with Gasteiger partial charge < -0.3 is 25.2 Å². The van der Waals surface area contributed by atoms with Crippen molar-refractivity contribution in [2.75, 3.05) is 6.61 Å². The van der Waals surface area contributed by atoms with Gasteiger partial charge in [-0.2, -0.15) is 0 Å². The first-order valence-electron chi connectivity index (χ1n) is 3.92. The van der Waals surface area contributed by atoms with Crippen LogP contribution in [0.25, 0.3) is 0 Å². The molecule has 0 bridgehead atoms. The summed E-state index contributed by atoms with van der Waals surface area (Å²) < 4.78 is 4.88. The highest BCUT2D eigenvalue weighted by atomic mass is 16.7. The quantitative estimate of drug-likeness (QED) is 0.400. The lowest BCUT2D eigenvalue weighted by molar-refractivity contribution is -0.231. The Morgan fingerprint density at radius 3 is 2.25 bits per heavy atom. The fourth-order valence-corrected chi connectivity index (χ4v) is 1.31. The Morgan fingerprint density at radius 1 is 1.42 bits per heavy atom. The van der Waals surface area contributed by atoms with E-state index in [4.69, 9.17) is 9.84 Å². The molecule has 72 valence electrons. The van der Waals surface area contributed by atoms with E-state index in [9.17, 15) is 15.3 Å². The smallest absolute Gasteiger partial charge is 0.194 e. The minimum atomic E-state index is -1.72. The van der Waals surface area contributed by atoms with Crippen LogP contribution in [0.1, 0.15) is 13.3 Å². The largest absolute Gasteiger partial charge is 0.394 e. The van der Waals surface area contributed by atoms with E-state index in [1.54, 1.807) is 6.92 Å². The molecule has 1 aliphatic heterocycles. The molecule has 5 heteroatoms. The van der Waals surface area contributed by atoms with Crippen molar-refractivity contribution in [3.63, 3.8) is 0 Å². The van der Waals surface area contributed by atoms with Crippen LogP contribution < -0.4 is 0 Å². The van der Waals surface area contributed by atoms with Crippen molar-refractivity contribution in [2.45, 2.75) is 37.4 Å². The summed E-state index contributed by atoms with van der Waals surface area (Å²) in [6.07, 6.45) is -3.30. The number of aliphatic hydroxyl groups excluding tert-OH is 3. The number of hydrogen-bond donors (Lipinski definition) is 4. The lowest BCUT2D eigenvalue weighted by Gasteiger charge is -2.23. The molecular formula is C7H14O5. The number of aliphatic hydroxyl groups is 4. The third-order valence-electron chi connectivity index (χ3n) is 2.21. The SMILES string of the molecule is CCC1(O)O[C@H](CO)[C@@H](O)[C@@H]1O. The molecule has 12 heavy (non-hydrogen) atoms. The highest BCUT2D eigenvalue weighted by molar-refractivity contribution is 4.94. The van der Waals surface area contributed by atoms with E-state index in [1.807, 2.05) is 0 Å². The van der Waals surface area contributed by atoms with Gasteiger partial charge in [-0.05, 0) is 0 Å². The highest BCUT2D eigenvalue weighted by Crippen LogP contribution is 2.31. The van der Waals surface area contributed by atoms with Crippen LogP contribution >= 0.6 is 0 Å². The Morgan fingerprint density at radius 2 is 2.00 bits per heavy atom. The van der Waals surface area contributed by atoms with E-state index < -0.39 is 30.7 Å². The van der Waals surface area contributed by atoms with Gasteiger partial charge in [-0.25, -0.2) is 0 Å². The van der Waals surface area contributed by atoms with Crippen LogP contribution in [-0.4, -0.2) is 51.1 Å². The van der Waals surface area contributed by atoms with Crippen molar-refractivity contribution in [2.24, 2.45) is 0 Å². The van der Waals surface area contributed by atoms with Crippen LogP contribution in [0.2, 0.25) is 0 Å². The molecule has 0 spiro atoms. The lowest BCUT2D eigenvalue weighted by Crippen LogP contribution is -2.42. The number of ether oxygens (including phenoxy) is 1. The summed E-state index contributed by atoms with van der Waals surface area (Å²) >= 11 is 0. The summed E-state index contributed by atoms with van der Waals surface area (Å²) in [5.41, 5.74) is 0. The fraction of sp³-hybridized carbons (Fsp3) is 1.00. The third-order valence-corrected chi connectivity index (χ3v) is 2.21. The van der Waals surface area contributed by atoms with E-state index in [0.29, 0.717) is 0 Å². The van der Waals surface area contributed by atoms with Crippen LogP contribution in [-0.2, 0) is 4.74 Å². The third kappa shape index (κ3) is 1.34. The van der Waals surface area contributed by atoms with Gasteiger partial charge in [0, 0.05) is 6.42 Å². The highest BCUT2D eigenvalue weighted by Gasteiger charge is 2.51. The monoisotopic (exact) mass is 178 g/mol. The average molecular weight is 178 g/mol. The Kier molecular flexibility index (Phi) is 2.70. The van der Waals surface area contributed by atoms with E-state index in [0.717, 1.165) is 0 Å². The molecule has 1 aliphatic rings. The van der Waals surface area contributed by atoms with Gasteiger partial charge in [-0.1, -0.05) is 6.92 Å². The van der Waals surface area contributed by atoms with Crippen LogP contribution in [0.15, 0.2) is 0 Å². The van der Waals surface area contributed by atoms with Gasteiger partial charge in [0.15, 0.2) is 5.79 Å². The molecule has 5 nitrogen and oxygen atoms in total. The molecule has 1 saturated heterocycles. The molecule has 4 atom stereocenters. The molecular weight excluding hydrogens is 164 g/mol. The maximum absolute atomic E-state index is 9.50. The topological polar surface area (TPSA) is 90.2 Å². The van der Waals surface area contributed by atoms with Crippen molar-refractivity contribution < 1.29 is 25.2 Å². The molecule has 1 rings (SSSR count). The number of rotatable bonds is 2. The van der Waals surface area contributed by atoms with Crippen molar-refractivity contribution in [1.82, 2.24) is 0 Å². The van der Waals surface area contributed by atoms with Gasteiger partial charge in [0.1, 0.15) is 18.3 Å². The standard InChI is InChI=1S/C7H14O5/c1-2-7(11)6(10)5(9)4(3-8)12-7/h4-6,8-11H,2-3H2,1H3/t4-,5-,6+,7?/m1/s1. The Labute approximate surface area is 70.2 Å². The van der Waals surface area contributed by atoms with Crippen LogP contribution in [0.4, 0.5) is 0 Å². The summed E-state index contributed by atoms with van der Waals surface area (Å²) in [6, 6.07) is 0. The molecule has 0 aliphatic carbocycles. The van der Waals surface area contributed by atoms with Gasteiger partial charge in [0.25, 0.3) is 0 Å². The zero-order valence-corrected chi connectivity index (χ0v) is 6.84. The lowest BCUT2D eigenvalue weighted by atomic mass is 10.0. The maximum Gasteiger partial charge on any atom is 0.194 e. The molecule has 4 N–H and O–H groups in total. The van der Waals surface area contributed by atoms with Crippen molar-refractivity contribution in [1.29, 1.82) is 0 Å². The fourth-order valence-electron chi connectivity index (χ4n) is 1.31. The molecule has 1 heterocycles. The van der Waals surface area contributed by atoms with Crippen LogP contribution in [0.3, 0.4) is 0 Å². The van der Waals surface area contributed by atoms with E-state index >= 15 is 0 Å². The summed E-state index contributed by atoms with van der Waals surface area (Å²) in [6.45, 7) is 1.20. The molecule has 0 aromatic heterocycles. The molecule has 1 unspecified atom stereocenters. The van der Waals surface area contributed by atoms with Gasteiger partial charge in [-0.3, -0.25) is 0 Å². The maximum atomic E-state index is 9.50. The van der Waals surface area contributed by atoms with Crippen molar-refractivity contribution >= 4 is 0 Å². The van der Waals surface area contributed by atoms with E-state index in [-0.39, 0.29) is 6.42 Å². The molecule has 0 aromatic rings. The first-order valence-corrected chi connectivity index (χ1v) is 3.92. The second kappa shape index (κ2) is 3.27. The number of hydrogen-bond acceptors (Lipinski definition) is 5. The predicted molar refractivity (Wildman–Crippen MR) is 39.2 cm³/mol. The Hall–Kier alpha value is -0.200. The summed E-state index contributed by atoms with van der Waals surface area (Å²) in [5, 5.41) is 36.7. The molecule has 0 amide bonds. The zero-order chi connectivity index (χ0) is 9.35. The Bertz CT molecular complexity index is 162. The van der Waals surface area contributed by atoms with Crippen molar-refractivity contribution in [3.8, 4) is 0 Å². The first kappa shape index (κ1) is 9.88. The minimum Gasteiger partial charge on any atom is -0.394 e. The van der Waals surface area contributed by atoms with Crippen LogP contribution in [0, 0.1) is 0 Å². The van der Waals surface area contributed by atoms with Crippen molar-refractivity contribution in [3.05, 3.63) is 0 Å². The van der Waals surface area contributed by atoms with Gasteiger partial charge >= 0.3 is 0 Å². The minimum absolute atomic E-state index is 0.168. The zero-order valence-electron chi connectivity index (χ0n) is 6.84. The Balaban J connectivity index is 2.72. The second-order valence-corrected chi connectivity index (χ2v) is 2.97. The van der Waals surface area contributed by atoms with E-state index in [1.165, 1.54) is 0 Å². The second-order valence-electron chi connectivity index (χ2n) is 2.97.